The summed E-state index contributed by atoms with van der Waals surface area (Å²) in [7, 11) is 0. The van der Waals surface area contributed by atoms with E-state index in [1.807, 2.05) is 19.1 Å². The SMILES string of the molecule is C=C/C=C\c1nc(-c2n[nH]c3ccc(C4=CCNCC4)cc23)[nH]c1C. The van der Waals surface area contributed by atoms with Crippen LogP contribution in [0.15, 0.2) is 43.0 Å². The summed E-state index contributed by atoms with van der Waals surface area (Å²) in [5.74, 6) is 0.781. The zero-order valence-corrected chi connectivity index (χ0v) is 14.3. The van der Waals surface area contributed by atoms with E-state index in [9.17, 15) is 0 Å². The molecule has 126 valence electrons. The minimum absolute atomic E-state index is 0.781. The van der Waals surface area contributed by atoms with Gasteiger partial charge in [0.05, 0.1) is 11.2 Å². The molecule has 5 nitrogen and oxygen atoms in total. The zero-order chi connectivity index (χ0) is 17.2. The van der Waals surface area contributed by atoms with Gasteiger partial charge in [0, 0.05) is 17.6 Å². The Labute approximate surface area is 146 Å². The molecule has 0 atom stereocenters. The van der Waals surface area contributed by atoms with Crippen LogP contribution in [0.5, 0.6) is 0 Å². The average Bonchev–Trinajstić information content (AvgIpc) is 3.23. The standard InChI is InChI=1S/C20H21N5/c1-3-4-5-17-13(2)22-20(23-17)19-16-12-15(6-7-18(16)24-25-19)14-8-10-21-11-9-14/h3-8,12,21H,1,9-11H2,2H3,(H,22,23)(H,24,25)/b5-4-. The first-order valence-electron chi connectivity index (χ1n) is 8.50. The number of aromatic amines is 2. The molecule has 5 heteroatoms. The molecule has 1 aliphatic rings. The summed E-state index contributed by atoms with van der Waals surface area (Å²) in [5.41, 5.74) is 6.44. The highest BCUT2D eigenvalue weighted by atomic mass is 15.1. The first-order chi connectivity index (χ1) is 12.3. The fourth-order valence-electron chi connectivity index (χ4n) is 3.19. The van der Waals surface area contributed by atoms with Crippen LogP contribution in [0.1, 0.15) is 23.4 Å². The smallest absolute Gasteiger partial charge is 0.159 e. The highest BCUT2D eigenvalue weighted by Crippen LogP contribution is 2.29. The van der Waals surface area contributed by atoms with Crippen molar-refractivity contribution in [2.75, 3.05) is 13.1 Å². The van der Waals surface area contributed by atoms with Crippen LogP contribution < -0.4 is 5.32 Å². The van der Waals surface area contributed by atoms with Crippen molar-refractivity contribution in [1.82, 2.24) is 25.5 Å². The van der Waals surface area contributed by atoms with Gasteiger partial charge >= 0.3 is 0 Å². The minimum atomic E-state index is 0.781. The molecule has 4 rings (SSSR count). The Hall–Kier alpha value is -2.92. The number of nitrogens with zero attached hydrogens (tertiary/aromatic N) is 2. The summed E-state index contributed by atoms with van der Waals surface area (Å²) in [6.45, 7) is 7.68. The normalized spacial score (nSPS) is 15.0. The van der Waals surface area contributed by atoms with Crippen molar-refractivity contribution >= 4 is 22.6 Å². The van der Waals surface area contributed by atoms with E-state index in [1.54, 1.807) is 6.08 Å². The Morgan fingerprint density at radius 2 is 2.20 bits per heavy atom. The largest absolute Gasteiger partial charge is 0.340 e. The molecule has 0 saturated heterocycles. The monoisotopic (exact) mass is 331 g/mol. The fourth-order valence-corrected chi connectivity index (χ4v) is 3.19. The molecule has 0 aliphatic carbocycles. The van der Waals surface area contributed by atoms with Crippen molar-refractivity contribution in [2.45, 2.75) is 13.3 Å². The van der Waals surface area contributed by atoms with Gasteiger partial charge in [-0.3, -0.25) is 5.10 Å². The summed E-state index contributed by atoms with van der Waals surface area (Å²) in [6.07, 6.45) is 8.89. The molecule has 25 heavy (non-hydrogen) atoms. The Morgan fingerprint density at radius 3 is 3.00 bits per heavy atom. The van der Waals surface area contributed by atoms with Crippen molar-refractivity contribution < 1.29 is 0 Å². The van der Waals surface area contributed by atoms with Crippen LogP contribution in [0.25, 0.3) is 34.1 Å². The first kappa shape index (κ1) is 15.6. The molecule has 3 heterocycles. The maximum atomic E-state index is 4.68. The van der Waals surface area contributed by atoms with Crippen LogP contribution in [-0.2, 0) is 0 Å². The van der Waals surface area contributed by atoms with Crippen molar-refractivity contribution in [2.24, 2.45) is 0 Å². The van der Waals surface area contributed by atoms with Gasteiger partial charge in [-0.15, -0.1) is 0 Å². The summed E-state index contributed by atoms with van der Waals surface area (Å²) in [6, 6.07) is 6.47. The summed E-state index contributed by atoms with van der Waals surface area (Å²) < 4.78 is 0. The molecule has 0 radical (unpaired) electrons. The van der Waals surface area contributed by atoms with E-state index in [2.05, 4.69) is 56.3 Å². The number of aromatic nitrogens is 4. The third-order valence-corrected chi connectivity index (χ3v) is 4.53. The number of allylic oxidation sites excluding steroid dienone is 2. The number of benzene rings is 1. The van der Waals surface area contributed by atoms with Gasteiger partial charge in [0.25, 0.3) is 0 Å². The van der Waals surface area contributed by atoms with E-state index in [4.69, 9.17) is 0 Å². The van der Waals surface area contributed by atoms with Gasteiger partial charge in [-0.1, -0.05) is 30.9 Å². The van der Waals surface area contributed by atoms with Gasteiger partial charge in [0.2, 0.25) is 0 Å². The Kier molecular flexibility index (Phi) is 4.07. The third kappa shape index (κ3) is 2.94. The number of H-pyrrole nitrogens is 2. The van der Waals surface area contributed by atoms with Crippen LogP contribution >= 0.6 is 0 Å². The Balaban J connectivity index is 1.78. The lowest BCUT2D eigenvalue weighted by Crippen LogP contribution is -2.19. The van der Waals surface area contributed by atoms with Crippen molar-refractivity contribution in [3.8, 4) is 11.5 Å². The lowest BCUT2D eigenvalue weighted by Gasteiger charge is -2.14. The second-order valence-corrected chi connectivity index (χ2v) is 6.21. The van der Waals surface area contributed by atoms with Crippen LogP contribution in [-0.4, -0.2) is 33.3 Å². The van der Waals surface area contributed by atoms with E-state index in [-0.39, 0.29) is 0 Å². The number of imidazole rings is 1. The number of hydrogen-bond acceptors (Lipinski definition) is 3. The highest BCUT2D eigenvalue weighted by Gasteiger charge is 2.15. The molecular weight excluding hydrogens is 310 g/mol. The lowest BCUT2D eigenvalue weighted by atomic mass is 9.98. The maximum Gasteiger partial charge on any atom is 0.159 e. The molecule has 0 saturated carbocycles. The van der Waals surface area contributed by atoms with Crippen molar-refractivity contribution in [3.05, 3.63) is 60.0 Å². The topological polar surface area (TPSA) is 69.4 Å². The van der Waals surface area contributed by atoms with Crippen molar-refractivity contribution in [1.29, 1.82) is 0 Å². The molecule has 1 aromatic carbocycles. The second-order valence-electron chi connectivity index (χ2n) is 6.21. The Bertz CT molecular complexity index is 987. The van der Waals surface area contributed by atoms with Gasteiger partial charge < -0.3 is 10.3 Å². The van der Waals surface area contributed by atoms with Crippen molar-refractivity contribution in [3.63, 3.8) is 0 Å². The van der Waals surface area contributed by atoms with Crippen LogP contribution in [0.2, 0.25) is 0 Å². The number of fused-ring (bicyclic) bond motifs is 1. The lowest BCUT2D eigenvalue weighted by molar-refractivity contribution is 0.739. The van der Waals surface area contributed by atoms with E-state index in [1.165, 1.54) is 11.1 Å². The van der Waals surface area contributed by atoms with E-state index in [0.29, 0.717) is 0 Å². The van der Waals surface area contributed by atoms with Gasteiger partial charge in [-0.05, 0) is 49.2 Å². The molecule has 1 aliphatic heterocycles. The van der Waals surface area contributed by atoms with Crippen LogP contribution in [0.3, 0.4) is 0 Å². The van der Waals surface area contributed by atoms with Gasteiger partial charge in [0.1, 0.15) is 5.69 Å². The number of rotatable bonds is 4. The van der Waals surface area contributed by atoms with E-state index in [0.717, 1.165) is 53.3 Å². The molecule has 3 aromatic rings. The maximum absolute atomic E-state index is 4.68. The Morgan fingerprint density at radius 1 is 1.28 bits per heavy atom. The number of aryl methyl sites for hydroxylation is 1. The minimum Gasteiger partial charge on any atom is -0.340 e. The summed E-state index contributed by atoms with van der Waals surface area (Å²) >= 11 is 0. The second kappa shape index (κ2) is 6.53. The molecule has 0 unspecified atom stereocenters. The molecule has 0 fully saturated rings. The molecule has 0 amide bonds. The summed E-state index contributed by atoms with van der Waals surface area (Å²) in [5, 5.41) is 12.0. The molecular formula is C20H21N5. The number of nitrogens with one attached hydrogen (secondary N) is 3. The van der Waals surface area contributed by atoms with Gasteiger partial charge in [0.15, 0.2) is 5.82 Å². The van der Waals surface area contributed by atoms with Crippen LogP contribution in [0.4, 0.5) is 0 Å². The van der Waals surface area contributed by atoms with Gasteiger partial charge in [-0.2, -0.15) is 5.10 Å². The van der Waals surface area contributed by atoms with E-state index >= 15 is 0 Å². The van der Waals surface area contributed by atoms with E-state index < -0.39 is 0 Å². The highest BCUT2D eigenvalue weighted by molar-refractivity contribution is 5.93. The predicted molar refractivity (Wildman–Crippen MR) is 103 cm³/mol. The molecule has 2 aromatic heterocycles. The summed E-state index contributed by atoms with van der Waals surface area (Å²) in [4.78, 5) is 8.03. The van der Waals surface area contributed by atoms with Crippen LogP contribution in [0, 0.1) is 6.92 Å². The zero-order valence-electron chi connectivity index (χ0n) is 14.3. The third-order valence-electron chi connectivity index (χ3n) is 4.53. The fraction of sp³-hybridized carbons (Fsp3) is 0.200. The number of hydrogen-bond donors (Lipinski definition) is 3. The molecule has 0 bridgehead atoms. The molecule has 3 N–H and O–H groups in total. The first-order valence-corrected chi connectivity index (χ1v) is 8.50. The predicted octanol–water partition coefficient (Wildman–Crippen LogP) is 3.84. The average molecular weight is 331 g/mol. The molecule has 0 spiro atoms. The van der Waals surface area contributed by atoms with Gasteiger partial charge in [-0.25, -0.2) is 4.98 Å². The quantitative estimate of drug-likeness (QED) is 0.636.